The summed E-state index contributed by atoms with van der Waals surface area (Å²) in [5.74, 6) is -0.545. The maximum atomic E-state index is 12.2. The number of rotatable bonds is 4. The van der Waals surface area contributed by atoms with E-state index >= 15 is 0 Å². The van der Waals surface area contributed by atoms with Gasteiger partial charge in [-0.15, -0.1) is 5.10 Å². The van der Waals surface area contributed by atoms with Crippen molar-refractivity contribution < 1.29 is 22.4 Å². The standard InChI is InChI=1S/C11H11N3O5S/c1-7-12-13-11(19-7)14-20(16,17)9-6-4-3-5-8(9)10(15)18-2/h3-6H,1-2H3,(H,13,14). The number of anilines is 1. The fourth-order valence-corrected chi connectivity index (χ4v) is 2.61. The summed E-state index contributed by atoms with van der Waals surface area (Å²) in [6, 6.07) is 5.36. The van der Waals surface area contributed by atoms with Crippen LogP contribution in [-0.2, 0) is 14.8 Å². The SMILES string of the molecule is COC(=O)c1ccccc1S(=O)(=O)Nc1nnc(C)o1. The van der Waals surface area contributed by atoms with Gasteiger partial charge in [-0.05, 0) is 12.1 Å². The number of carbonyl (C=O) groups excluding carboxylic acids is 1. The minimum atomic E-state index is -4.03. The molecule has 0 aliphatic carbocycles. The van der Waals surface area contributed by atoms with Crippen molar-refractivity contribution >= 4 is 22.0 Å². The Labute approximate surface area is 114 Å². The molecule has 1 aromatic carbocycles. The van der Waals surface area contributed by atoms with Crippen molar-refractivity contribution in [2.75, 3.05) is 11.8 Å². The van der Waals surface area contributed by atoms with Crippen LogP contribution in [0.15, 0.2) is 33.6 Å². The van der Waals surface area contributed by atoms with Crippen LogP contribution in [0.5, 0.6) is 0 Å². The van der Waals surface area contributed by atoms with E-state index in [2.05, 4.69) is 19.7 Å². The van der Waals surface area contributed by atoms with E-state index in [1.807, 2.05) is 0 Å². The van der Waals surface area contributed by atoms with Gasteiger partial charge in [-0.3, -0.25) is 0 Å². The fraction of sp³-hybridized carbons (Fsp3) is 0.182. The minimum absolute atomic E-state index is 0.0845. The fourth-order valence-electron chi connectivity index (χ4n) is 1.49. The molecular weight excluding hydrogens is 286 g/mol. The average Bonchev–Trinajstić information content (AvgIpc) is 2.82. The van der Waals surface area contributed by atoms with Crippen LogP contribution in [-0.4, -0.2) is 31.7 Å². The van der Waals surface area contributed by atoms with Crippen LogP contribution in [0, 0.1) is 6.92 Å². The van der Waals surface area contributed by atoms with Gasteiger partial charge in [-0.1, -0.05) is 17.2 Å². The monoisotopic (exact) mass is 297 g/mol. The molecule has 0 aliphatic rings. The van der Waals surface area contributed by atoms with E-state index in [1.165, 1.54) is 38.3 Å². The molecule has 106 valence electrons. The Balaban J connectivity index is 2.42. The smallest absolute Gasteiger partial charge is 0.339 e. The Hall–Kier alpha value is -2.42. The molecule has 0 spiro atoms. The highest BCUT2D eigenvalue weighted by molar-refractivity contribution is 7.92. The summed E-state index contributed by atoms with van der Waals surface area (Å²) in [5.41, 5.74) is -0.0845. The van der Waals surface area contributed by atoms with Gasteiger partial charge in [0.25, 0.3) is 10.0 Å². The first kappa shape index (κ1) is 14.0. The number of benzene rings is 1. The van der Waals surface area contributed by atoms with Crippen molar-refractivity contribution in [2.24, 2.45) is 0 Å². The number of ether oxygens (including phenoxy) is 1. The molecule has 1 N–H and O–H groups in total. The molecule has 0 fully saturated rings. The summed E-state index contributed by atoms with van der Waals surface area (Å²) in [6.07, 6.45) is 0. The lowest BCUT2D eigenvalue weighted by Crippen LogP contribution is -2.17. The lowest BCUT2D eigenvalue weighted by Gasteiger charge is -2.08. The first-order valence-electron chi connectivity index (χ1n) is 5.44. The van der Waals surface area contributed by atoms with Gasteiger partial charge >= 0.3 is 12.0 Å². The number of carbonyl (C=O) groups is 1. The predicted octanol–water partition coefficient (Wildman–Crippen LogP) is 0.965. The summed E-state index contributed by atoms with van der Waals surface area (Å²) < 4.78 is 36.0. The summed E-state index contributed by atoms with van der Waals surface area (Å²) in [7, 11) is -2.87. The first-order chi connectivity index (χ1) is 9.44. The largest absolute Gasteiger partial charge is 0.465 e. The lowest BCUT2D eigenvalue weighted by molar-refractivity contribution is 0.0596. The highest BCUT2D eigenvalue weighted by Gasteiger charge is 2.24. The molecule has 0 radical (unpaired) electrons. The van der Waals surface area contributed by atoms with Crippen LogP contribution >= 0.6 is 0 Å². The van der Waals surface area contributed by atoms with Gasteiger partial charge in [0.1, 0.15) is 4.90 Å². The number of aryl methyl sites for hydroxylation is 1. The van der Waals surface area contributed by atoms with Crippen molar-refractivity contribution in [1.82, 2.24) is 10.2 Å². The molecule has 0 unspecified atom stereocenters. The van der Waals surface area contributed by atoms with Gasteiger partial charge in [0, 0.05) is 6.92 Å². The Kier molecular flexibility index (Phi) is 3.70. The van der Waals surface area contributed by atoms with Gasteiger partial charge in [0.15, 0.2) is 0 Å². The van der Waals surface area contributed by atoms with Crippen molar-refractivity contribution in [2.45, 2.75) is 11.8 Å². The molecule has 0 saturated carbocycles. The van der Waals surface area contributed by atoms with Crippen LogP contribution < -0.4 is 4.72 Å². The molecule has 1 aromatic heterocycles. The molecule has 20 heavy (non-hydrogen) atoms. The van der Waals surface area contributed by atoms with Crippen molar-refractivity contribution in [1.29, 1.82) is 0 Å². The zero-order valence-electron chi connectivity index (χ0n) is 10.7. The molecule has 0 atom stereocenters. The van der Waals surface area contributed by atoms with Crippen LogP contribution in [0.25, 0.3) is 0 Å². The highest BCUT2D eigenvalue weighted by Crippen LogP contribution is 2.19. The van der Waals surface area contributed by atoms with Gasteiger partial charge < -0.3 is 9.15 Å². The van der Waals surface area contributed by atoms with Gasteiger partial charge in [-0.2, -0.15) is 0 Å². The Morgan fingerprint density at radius 3 is 2.60 bits per heavy atom. The zero-order valence-corrected chi connectivity index (χ0v) is 11.5. The van der Waals surface area contributed by atoms with Crippen molar-refractivity contribution in [3.05, 3.63) is 35.7 Å². The molecule has 2 aromatic rings. The van der Waals surface area contributed by atoms with Crippen LogP contribution in [0.2, 0.25) is 0 Å². The number of esters is 1. The molecule has 0 bridgehead atoms. The van der Waals surface area contributed by atoms with Crippen LogP contribution in [0.1, 0.15) is 16.2 Å². The van der Waals surface area contributed by atoms with Gasteiger partial charge in [-0.25, -0.2) is 17.9 Å². The Morgan fingerprint density at radius 1 is 1.30 bits per heavy atom. The second-order valence-electron chi connectivity index (χ2n) is 3.72. The molecule has 1 heterocycles. The second-order valence-corrected chi connectivity index (χ2v) is 5.37. The van der Waals surface area contributed by atoms with E-state index in [4.69, 9.17) is 4.42 Å². The molecule has 0 aliphatic heterocycles. The van der Waals surface area contributed by atoms with Crippen LogP contribution in [0.3, 0.4) is 0 Å². The third-order valence-electron chi connectivity index (χ3n) is 2.33. The van der Waals surface area contributed by atoms with Crippen molar-refractivity contribution in [3.8, 4) is 0 Å². The van der Waals surface area contributed by atoms with Crippen LogP contribution in [0.4, 0.5) is 6.01 Å². The number of methoxy groups -OCH3 is 1. The predicted molar refractivity (Wildman–Crippen MR) is 67.6 cm³/mol. The van der Waals surface area contributed by atoms with E-state index in [-0.39, 0.29) is 22.4 Å². The summed E-state index contributed by atoms with van der Waals surface area (Å²) >= 11 is 0. The quantitative estimate of drug-likeness (QED) is 0.836. The number of nitrogens with zero attached hydrogens (tertiary/aromatic N) is 2. The van der Waals surface area contributed by atoms with E-state index < -0.39 is 16.0 Å². The topological polar surface area (TPSA) is 111 Å². The normalized spacial score (nSPS) is 11.1. The molecule has 8 nitrogen and oxygen atoms in total. The minimum Gasteiger partial charge on any atom is -0.465 e. The number of nitrogens with one attached hydrogen (secondary N) is 1. The number of aromatic nitrogens is 2. The number of hydrogen-bond donors (Lipinski definition) is 1. The Bertz CT molecular complexity index is 738. The summed E-state index contributed by atoms with van der Waals surface area (Å²) in [6.45, 7) is 1.52. The third kappa shape index (κ3) is 2.77. The lowest BCUT2D eigenvalue weighted by atomic mass is 10.2. The van der Waals surface area contributed by atoms with Gasteiger partial charge in [0.2, 0.25) is 5.89 Å². The molecule has 9 heteroatoms. The van der Waals surface area contributed by atoms with E-state index in [0.717, 1.165) is 0 Å². The molecule has 0 amide bonds. The highest BCUT2D eigenvalue weighted by atomic mass is 32.2. The second kappa shape index (κ2) is 5.29. The maximum absolute atomic E-state index is 12.2. The Morgan fingerprint density at radius 2 is 2.00 bits per heavy atom. The van der Waals surface area contributed by atoms with E-state index in [0.29, 0.717) is 0 Å². The first-order valence-corrected chi connectivity index (χ1v) is 6.92. The van der Waals surface area contributed by atoms with E-state index in [9.17, 15) is 13.2 Å². The third-order valence-corrected chi connectivity index (χ3v) is 3.71. The van der Waals surface area contributed by atoms with E-state index in [1.54, 1.807) is 0 Å². The number of sulfonamides is 1. The number of hydrogen-bond acceptors (Lipinski definition) is 7. The zero-order chi connectivity index (χ0) is 14.8. The van der Waals surface area contributed by atoms with Crippen molar-refractivity contribution in [3.63, 3.8) is 0 Å². The summed E-state index contributed by atoms with van der Waals surface area (Å²) in [4.78, 5) is 11.3. The maximum Gasteiger partial charge on any atom is 0.339 e. The summed E-state index contributed by atoms with van der Waals surface area (Å²) in [5, 5.41) is 7.03. The van der Waals surface area contributed by atoms with Gasteiger partial charge in [0.05, 0.1) is 12.7 Å². The average molecular weight is 297 g/mol. The molecule has 0 saturated heterocycles. The molecule has 2 rings (SSSR count). The molecular formula is C11H11N3O5S.